The number of methoxy groups -OCH3 is 2. The maximum absolute atomic E-state index is 13.6. The lowest BCUT2D eigenvalue weighted by Crippen LogP contribution is -2.61. The normalized spacial score (nSPS) is 22.3. The summed E-state index contributed by atoms with van der Waals surface area (Å²) in [7, 11) is 3.34. The second-order valence-corrected chi connectivity index (χ2v) is 17.4. The fourth-order valence-electron chi connectivity index (χ4n) is 10.2. The van der Waals surface area contributed by atoms with Gasteiger partial charge in [0.25, 0.3) is 11.5 Å². The summed E-state index contributed by atoms with van der Waals surface area (Å²) in [5, 5.41) is 3.58. The largest absolute Gasteiger partial charge is 0.496 e. The highest BCUT2D eigenvalue weighted by Crippen LogP contribution is 2.44. The molecule has 0 saturated carbocycles. The number of hydrogen-bond acceptors (Lipinski definition) is 11. The number of alkyl halides is 1. The van der Waals surface area contributed by atoms with Crippen molar-refractivity contribution < 1.29 is 28.2 Å². The molecule has 0 bridgehead atoms. The van der Waals surface area contributed by atoms with Crippen LogP contribution in [0.3, 0.4) is 0 Å². The molecule has 5 saturated heterocycles. The molecule has 1 atom stereocenters. The van der Waals surface area contributed by atoms with Crippen molar-refractivity contribution in [1.82, 2.24) is 30.0 Å². The van der Waals surface area contributed by atoms with Gasteiger partial charge in [-0.2, -0.15) is 0 Å². The summed E-state index contributed by atoms with van der Waals surface area (Å²) in [6.45, 7) is 8.91. The number of ether oxygens (including phenoxy) is 2. The number of piperidine rings is 2. The molecule has 1 unspecified atom stereocenters. The molecule has 2 N–H and O–H groups in total. The number of aromatic nitrogens is 2. The molecule has 15 heteroatoms. The van der Waals surface area contributed by atoms with E-state index in [1.165, 1.54) is 0 Å². The quantitative estimate of drug-likeness (QED) is 0.227. The Balaban J connectivity index is 0.728. The number of anilines is 2. The summed E-state index contributed by atoms with van der Waals surface area (Å²) < 4.78 is 25.5. The third-order valence-electron chi connectivity index (χ3n) is 13.6. The van der Waals surface area contributed by atoms with E-state index in [1.54, 1.807) is 31.5 Å². The van der Waals surface area contributed by atoms with Crippen molar-refractivity contribution in [2.75, 3.05) is 82.9 Å². The molecule has 8 heterocycles. The van der Waals surface area contributed by atoms with Crippen LogP contribution in [0.5, 0.6) is 11.5 Å². The number of benzene rings is 2. The molecular formula is C44H49FN8O6. The predicted octanol–water partition coefficient (Wildman–Crippen LogP) is 3.56. The molecule has 2 aromatic carbocycles. The molecule has 3 amide bonds. The van der Waals surface area contributed by atoms with Gasteiger partial charge in [0.05, 0.1) is 38.3 Å². The average Bonchev–Trinajstić information content (AvgIpc) is 3.52. The number of imide groups is 1. The van der Waals surface area contributed by atoms with E-state index in [4.69, 9.17) is 9.47 Å². The van der Waals surface area contributed by atoms with E-state index in [-0.39, 0.29) is 29.7 Å². The minimum Gasteiger partial charge on any atom is -0.496 e. The van der Waals surface area contributed by atoms with Crippen LogP contribution in [0, 0.1) is 11.3 Å². The van der Waals surface area contributed by atoms with Crippen LogP contribution in [0.2, 0.25) is 0 Å². The van der Waals surface area contributed by atoms with Gasteiger partial charge in [-0.3, -0.25) is 29.4 Å². The van der Waals surface area contributed by atoms with Crippen LogP contribution >= 0.6 is 0 Å². The van der Waals surface area contributed by atoms with Gasteiger partial charge in [-0.05, 0) is 79.7 Å². The van der Waals surface area contributed by atoms with Crippen molar-refractivity contribution in [3.8, 4) is 22.6 Å². The molecule has 0 aliphatic carbocycles. The maximum atomic E-state index is 13.6. The Morgan fingerprint density at radius 2 is 1.63 bits per heavy atom. The number of likely N-dealkylation sites (tertiary alicyclic amines) is 2. The first-order chi connectivity index (χ1) is 28.6. The summed E-state index contributed by atoms with van der Waals surface area (Å²) in [4.78, 5) is 68.4. The van der Waals surface area contributed by atoms with Crippen LogP contribution in [0.25, 0.3) is 21.9 Å². The van der Waals surface area contributed by atoms with Gasteiger partial charge in [0.15, 0.2) is 0 Å². The lowest BCUT2D eigenvalue weighted by atomic mass is 9.71. The first-order valence-corrected chi connectivity index (χ1v) is 20.7. The van der Waals surface area contributed by atoms with E-state index in [9.17, 15) is 23.6 Å². The van der Waals surface area contributed by atoms with E-state index in [0.717, 1.165) is 103 Å². The molecular weight excluding hydrogens is 756 g/mol. The van der Waals surface area contributed by atoms with Gasteiger partial charge in [-0.25, -0.2) is 9.37 Å². The third kappa shape index (κ3) is 6.77. The molecule has 6 aliphatic heterocycles. The second-order valence-electron chi connectivity index (χ2n) is 17.4. The summed E-state index contributed by atoms with van der Waals surface area (Å²) in [5.41, 5.74) is 5.37. The Morgan fingerprint density at radius 3 is 2.32 bits per heavy atom. The number of carbonyl (C=O) groups is 3. The van der Waals surface area contributed by atoms with Gasteiger partial charge in [-0.1, -0.05) is 6.07 Å². The Hall–Kier alpha value is -5.54. The summed E-state index contributed by atoms with van der Waals surface area (Å²) in [6, 6.07) is 11.4. The Bertz CT molecular complexity index is 2390. The van der Waals surface area contributed by atoms with E-state index >= 15 is 0 Å². The lowest BCUT2D eigenvalue weighted by Gasteiger charge is -2.55. The first kappa shape index (κ1) is 37.7. The van der Waals surface area contributed by atoms with Crippen molar-refractivity contribution in [3.05, 3.63) is 75.8 Å². The molecule has 1 spiro atoms. The zero-order chi connectivity index (χ0) is 40.6. The minimum absolute atomic E-state index is 0.128. The Labute approximate surface area is 341 Å². The molecule has 2 aromatic heterocycles. The highest BCUT2D eigenvalue weighted by atomic mass is 19.1. The van der Waals surface area contributed by atoms with E-state index in [2.05, 4.69) is 36.1 Å². The summed E-state index contributed by atoms with van der Waals surface area (Å²) in [5.74, 6) is 1.89. The van der Waals surface area contributed by atoms with Crippen LogP contribution in [0.4, 0.5) is 15.9 Å². The molecule has 14 nitrogen and oxygen atoms in total. The molecule has 4 aromatic rings. The molecule has 6 aliphatic rings. The lowest BCUT2D eigenvalue weighted by molar-refractivity contribution is -0.136. The molecule has 59 heavy (non-hydrogen) atoms. The molecule has 0 radical (unpaired) electrons. The predicted molar refractivity (Wildman–Crippen MR) is 220 cm³/mol. The van der Waals surface area contributed by atoms with Crippen LogP contribution in [-0.2, 0) is 22.7 Å². The van der Waals surface area contributed by atoms with E-state index < -0.39 is 12.2 Å². The van der Waals surface area contributed by atoms with Gasteiger partial charge < -0.3 is 34.1 Å². The fourth-order valence-corrected chi connectivity index (χ4v) is 10.2. The number of nitrogens with one attached hydrogen (secondary N) is 2. The van der Waals surface area contributed by atoms with Gasteiger partial charge >= 0.3 is 0 Å². The number of amides is 3. The van der Waals surface area contributed by atoms with Gasteiger partial charge in [-0.15, -0.1) is 0 Å². The van der Waals surface area contributed by atoms with Crippen molar-refractivity contribution in [2.24, 2.45) is 11.3 Å². The number of pyridine rings is 2. The zero-order valence-electron chi connectivity index (χ0n) is 33.5. The van der Waals surface area contributed by atoms with Crippen LogP contribution < -0.4 is 30.1 Å². The zero-order valence-corrected chi connectivity index (χ0v) is 33.5. The first-order valence-electron chi connectivity index (χ1n) is 20.7. The number of carbonyl (C=O) groups excluding carboxylic acids is 3. The van der Waals surface area contributed by atoms with E-state index in [1.807, 2.05) is 35.2 Å². The van der Waals surface area contributed by atoms with Crippen molar-refractivity contribution in [2.45, 2.75) is 51.0 Å². The third-order valence-corrected chi connectivity index (χ3v) is 13.6. The number of fused-ring (bicyclic) bond motifs is 2. The molecule has 308 valence electrons. The van der Waals surface area contributed by atoms with Crippen LogP contribution in [0.1, 0.15) is 47.2 Å². The van der Waals surface area contributed by atoms with Crippen molar-refractivity contribution in [1.29, 1.82) is 0 Å². The fraction of sp³-hybridized carbons (Fsp3) is 0.477. The highest BCUT2D eigenvalue weighted by molar-refractivity contribution is 6.05. The number of halogens is 1. The monoisotopic (exact) mass is 804 g/mol. The topological polar surface area (TPSA) is 144 Å². The smallest absolute Gasteiger partial charge is 0.257 e. The summed E-state index contributed by atoms with van der Waals surface area (Å²) >= 11 is 0. The maximum Gasteiger partial charge on any atom is 0.257 e. The SMILES string of the molecule is COc1cc(-c2c[nH]c(=O)c3cnc(N4CC(F)C4)cc23)cc(OC)c1CN1CC(CN2CCC3(CC2)CN(c2ccc4c(c2)C(=O)N(C2CCC(=O)NC2=O)C4)C3)C1. The number of nitrogens with zero attached hydrogens (tertiary/aromatic N) is 6. The minimum atomic E-state index is -0.865. The van der Waals surface area contributed by atoms with Gasteiger partial charge in [0.1, 0.15) is 29.5 Å². The van der Waals surface area contributed by atoms with Gasteiger partial charge in [0, 0.05) is 92.2 Å². The highest BCUT2D eigenvalue weighted by Gasteiger charge is 2.46. The van der Waals surface area contributed by atoms with Crippen molar-refractivity contribution >= 4 is 40.0 Å². The van der Waals surface area contributed by atoms with Crippen molar-refractivity contribution in [3.63, 3.8) is 0 Å². The molecule has 10 rings (SSSR count). The standard InChI is InChI=1S/C44H49FN8O6/c1-58-37-11-28(33-15-47-41(55)34-16-46-39(14-32(33)34)51-21-29(45)22-51)12-38(59-2)35(37)23-50-18-26(19-50)17-49-9-7-44(8-10-49)24-52(25-44)30-4-3-27-20-53(43(57)31(27)13-30)36-5-6-40(54)48-42(36)56/h3-4,11-16,26,29,36H,5-10,17-25H2,1-2H3,(H,47,55)(H,48,54,56). The van der Waals surface area contributed by atoms with Crippen LogP contribution in [-0.4, -0.2) is 128 Å². The number of aromatic amines is 1. The number of rotatable bonds is 10. The van der Waals surface area contributed by atoms with Crippen LogP contribution in [0.15, 0.2) is 53.6 Å². The Kier molecular flexibility index (Phi) is 9.35. The Morgan fingerprint density at radius 1 is 0.881 bits per heavy atom. The number of H-pyrrole nitrogens is 1. The second kappa shape index (κ2) is 14.6. The number of hydrogen-bond donors (Lipinski definition) is 2. The average molecular weight is 805 g/mol. The van der Waals surface area contributed by atoms with E-state index in [0.29, 0.717) is 60.7 Å². The van der Waals surface area contributed by atoms with Gasteiger partial charge in [0.2, 0.25) is 11.8 Å². The summed E-state index contributed by atoms with van der Waals surface area (Å²) in [6.07, 6.45) is 5.34. The molecule has 5 fully saturated rings.